The molecule has 2 aliphatic carbocycles. The van der Waals surface area contributed by atoms with Crippen molar-refractivity contribution < 1.29 is 5.11 Å². The average molecular weight is 286 g/mol. The minimum atomic E-state index is -0.261. The molecule has 1 nitrogen and oxygen atoms in total. The molecule has 3 unspecified atom stereocenters. The van der Waals surface area contributed by atoms with Crippen LogP contribution in [0.25, 0.3) is 0 Å². The molecule has 0 spiro atoms. The van der Waals surface area contributed by atoms with Crippen LogP contribution in [0.4, 0.5) is 0 Å². The summed E-state index contributed by atoms with van der Waals surface area (Å²) in [6, 6.07) is 8.94. The van der Waals surface area contributed by atoms with Gasteiger partial charge in [-0.05, 0) is 55.1 Å². The fourth-order valence-electron chi connectivity index (χ4n) is 4.60. The largest absolute Gasteiger partial charge is 0.388 e. The zero-order valence-electron chi connectivity index (χ0n) is 13.6. The van der Waals surface area contributed by atoms with Crippen molar-refractivity contribution in [3.63, 3.8) is 0 Å². The van der Waals surface area contributed by atoms with Gasteiger partial charge in [-0.25, -0.2) is 0 Å². The standard InChI is InChI=1S/C20H30O/c1-3-11-20(12-4-13-20)19(21)17-9-7-16(8-10-17)18-6-5-15(2)14-18/h7-10,15,18-19,21H,3-6,11-14H2,1-2H3. The Morgan fingerprint density at radius 2 is 1.90 bits per heavy atom. The Bertz CT molecular complexity index is 457. The lowest BCUT2D eigenvalue weighted by Gasteiger charge is -2.46. The van der Waals surface area contributed by atoms with Gasteiger partial charge in [0.05, 0.1) is 6.10 Å². The molecule has 2 aliphatic rings. The van der Waals surface area contributed by atoms with Crippen molar-refractivity contribution in [1.29, 1.82) is 0 Å². The molecular formula is C20H30O. The SMILES string of the molecule is CCCC1(C(O)c2ccc(C3CCC(C)C3)cc2)CCC1. The van der Waals surface area contributed by atoms with Gasteiger partial charge >= 0.3 is 0 Å². The molecule has 0 aromatic heterocycles. The topological polar surface area (TPSA) is 20.2 Å². The molecule has 2 saturated carbocycles. The maximum atomic E-state index is 10.8. The lowest BCUT2D eigenvalue weighted by molar-refractivity contribution is -0.0440. The first-order valence-corrected chi connectivity index (χ1v) is 8.92. The van der Waals surface area contributed by atoms with E-state index in [1.165, 1.54) is 50.5 Å². The van der Waals surface area contributed by atoms with E-state index < -0.39 is 0 Å². The second-order valence-corrected chi connectivity index (χ2v) is 7.65. The third-order valence-electron chi connectivity index (χ3n) is 6.10. The van der Waals surface area contributed by atoms with Crippen LogP contribution < -0.4 is 0 Å². The highest BCUT2D eigenvalue weighted by atomic mass is 16.3. The number of hydrogen-bond donors (Lipinski definition) is 1. The first kappa shape index (κ1) is 15.1. The van der Waals surface area contributed by atoms with E-state index in [1.54, 1.807) is 0 Å². The summed E-state index contributed by atoms with van der Waals surface area (Å²) in [7, 11) is 0. The zero-order valence-corrected chi connectivity index (χ0v) is 13.6. The molecule has 0 radical (unpaired) electrons. The molecule has 3 rings (SSSR count). The van der Waals surface area contributed by atoms with Gasteiger partial charge in [-0.2, -0.15) is 0 Å². The molecule has 21 heavy (non-hydrogen) atoms. The van der Waals surface area contributed by atoms with Crippen LogP contribution in [0.5, 0.6) is 0 Å². The summed E-state index contributed by atoms with van der Waals surface area (Å²) in [5, 5.41) is 10.8. The van der Waals surface area contributed by atoms with E-state index >= 15 is 0 Å². The zero-order chi connectivity index (χ0) is 14.9. The third-order valence-corrected chi connectivity index (χ3v) is 6.10. The second kappa shape index (κ2) is 6.12. The highest BCUT2D eigenvalue weighted by Crippen LogP contribution is 2.53. The van der Waals surface area contributed by atoms with Gasteiger partial charge in [0.15, 0.2) is 0 Å². The van der Waals surface area contributed by atoms with Crippen LogP contribution in [-0.4, -0.2) is 5.11 Å². The summed E-state index contributed by atoms with van der Waals surface area (Å²) in [5.74, 6) is 1.63. The lowest BCUT2D eigenvalue weighted by atomic mass is 9.61. The summed E-state index contributed by atoms with van der Waals surface area (Å²) >= 11 is 0. The van der Waals surface area contributed by atoms with Gasteiger partial charge < -0.3 is 5.11 Å². The summed E-state index contributed by atoms with van der Waals surface area (Å²) in [6.45, 7) is 4.60. The van der Waals surface area contributed by atoms with Crippen LogP contribution >= 0.6 is 0 Å². The van der Waals surface area contributed by atoms with E-state index in [1.807, 2.05) is 0 Å². The minimum absolute atomic E-state index is 0.179. The number of aliphatic hydroxyl groups excluding tert-OH is 1. The predicted molar refractivity (Wildman–Crippen MR) is 88.3 cm³/mol. The van der Waals surface area contributed by atoms with Gasteiger partial charge in [-0.3, -0.25) is 0 Å². The van der Waals surface area contributed by atoms with Gasteiger partial charge in [0, 0.05) is 5.41 Å². The molecule has 0 bridgehead atoms. The van der Waals surface area contributed by atoms with E-state index in [9.17, 15) is 5.11 Å². The molecule has 3 atom stereocenters. The molecule has 0 amide bonds. The molecular weight excluding hydrogens is 256 g/mol. The highest BCUT2D eigenvalue weighted by molar-refractivity contribution is 5.29. The first-order valence-electron chi connectivity index (χ1n) is 8.92. The van der Waals surface area contributed by atoms with E-state index in [4.69, 9.17) is 0 Å². The summed E-state index contributed by atoms with van der Waals surface area (Å²) in [4.78, 5) is 0. The maximum absolute atomic E-state index is 10.8. The number of rotatable bonds is 5. The summed E-state index contributed by atoms with van der Waals surface area (Å²) in [6.07, 6.45) is 9.80. The lowest BCUT2D eigenvalue weighted by Crippen LogP contribution is -2.35. The Morgan fingerprint density at radius 3 is 2.38 bits per heavy atom. The second-order valence-electron chi connectivity index (χ2n) is 7.65. The Balaban J connectivity index is 1.71. The molecule has 2 fully saturated rings. The minimum Gasteiger partial charge on any atom is -0.388 e. The average Bonchev–Trinajstić information content (AvgIpc) is 2.89. The Morgan fingerprint density at radius 1 is 1.19 bits per heavy atom. The number of hydrogen-bond acceptors (Lipinski definition) is 1. The molecule has 0 heterocycles. The Hall–Kier alpha value is -0.820. The fourth-order valence-corrected chi connectivity index (χ4v) is 4.60. The van der Waals surface area contributed by atoms with E-state index in [-0.39, 0.29) is 11.5 Å². The molecule has 1 aromatic carbocycles. The van der Waals surface area contributed by atoms with E-state index in [0.717, 1.165) is 23.8 Å². The van der Waals surface area contributed by atoms with Gasteiger partial charge in [0.25, 0.3) is 0 Å². The van der Waals surface area contributed by atoms with Crippen LogP contribution in [0.1, 0.15) is 88.4 Å². The molecule has 1 heteroatoms. The number of benzene rings is 1. The molecule has 1 N–H and O–H groups in total. The molecule has 1 aromatic rings. The van der Waals surface area contributed by atoms with E-state index in [0.29, 0.717) is 0 Å². The van der Waals surface area contributed by atoms with Gasteiger partial charge in [-0.15, -0.1) is 0 Å². The molecule has 116 valence electrons. The van der Waals surface area contributed by atoms with Gasteiger partial charge in [-0.1, -0.05) is 57.4 Å². The normalized spacial score (nSPS) is 29.1. The van der Waals surface area contributed by atoms with Crippen molar-refractivity contribution in [3.05, 3.63) is 35.4 Å². The van der Waals surface area contributed by atoms with Crippen molar-refractivity contribution in [2.45, 2.75) is 77.2 Å². The van der Waals surface area contributed by atoms with Crippen LogP contribution in [0.15, 0.2) is 24.3 Å². The summed E-state index contributed by atoms with van der Waals surface area (Å²) in [5.41, 5.74) is 2.80. The van der Waals surface area contributed by atoms with Crippen LogP contribution in [0, 0.1) is 11.3 Å². The Kier molecular flexibility index (Phi) is 4.40. The van der Waals surface area contributed by atoms with Gasteiger partial charge in [0.1, 0.15) is 0 Å². The van der Waals surface area contributed by atoms with Gasteiger partial charge in [0.2, 0.25) is 0 Å². The molecule has 0 aliphatic heterocycles. The van der Waals surface area contributed by atoms with Crippen molar-refractivity contribution in [2.24, 2.45) is 11.3 Å². The monoisotopic (exact) mass is 286 g/mol. The maximum Gasteiger partial charge on any atom is 0.0846 e. The van der Waals surface area contributed by atoms with Crippen molar-refractivity contribution in [2.75, 3.05) is 0 Å². The van der Waals surface area contributed by atoms with Crippen LogP contribution in [0.2, 0.25) is 0 Å². The number of aliphatic hydroxyl groups is 1. The quantitative estimate of drug-likeness (QED) is 0.747. The molecule has 0 saturated heterocycles. The summed E-state index contributed by atoms with van der Waals surface area (Å²) < 4.78 is 0. The smallest absolute Gasteiger partial charge is 0.0846 e. The highest BCUT2D eigenvalue weighted by Gasteiger charge is 2.43. The van der Waals surface area contributed by atoms with Crippen LogP contribution in [0.3, 0.4) is 0 Å². The van der Waals surface area contributed by atoms with Crippen molar-refractivity contribution in [1.82, 2.24) is 0 Å². The fraction of sp³-hybridized carbons (Fsp3) is 0.700. The predicted octanol–water partition coefficient (Wildman–Crippen LogP) is 5.59. The third kappa shape index (κ3) is 2.90. The first-order chi connectivity index (χ1) is 10.1. The van der Waals surface area contributed by atoms with Crippen LogP contribution in [-0.2, 0) is 0 Å². The Labute approximate surface area is 129 Å². The van der Waals surface area contributed by atoms with Crippen molar-refractivity contribution >= 4 is 0 Å². The van der Waals surface area contributed by atoms with E-state index in [2.05, 4.69) is 38.1 Å². The van der Waals surface area contributed by atoms with Crippen molar-refractivity contribution in [3.8, 4) is 0 Å².